The van der Waals surface area contributed by atoms with E-state index in [-0.39, 0.29) is 17.9 Å². The van der Waals surface area contributed by atoms with Crippen molar-refractivity contribution in [2.45, 2.75) is 32.6 Å². The standard InChI is InChI=1S/C22H26N6OS/c1-14-9-10-17(11-15(14)2)16(3)24-20(29)13-30-12-19-26-21(23)28-22(27-19)25-18-7-5-4-6-8-18/h4-11,16H,12-13H2,1-3H3,(H,24,29)(H3,23,25,26,27,28)/t16-/m1/s1. The highest BCUT2D eigenvalue weighted by Crippen LogP contribution is 2.18. The van der Waals surface area contributed by atoms with Crippen molar-refractivity contribution >= 4 is 35.3 Å². The monoisotopic (exact) mass is 422 g/mol. The Balaban J connectivity index is 1.51. The topological polar surface area (TPSA) is 106 Å². The lowest BCUT2D eigenvalue weighted by atomic mass is 10.0. The molecule has 0 saturated heterocycles. The van der Waals surface area contributed by atoms with Crippen molar-refractivity contribution in [2.75, 3.05) is 16.8 Å². The third-order valence-electron chi connectivity index (χ3n) is 4.60. The van der Waals surface area contributed by atoms with Gasteiger partial charge in [0.2, 0.25) is 17.8 Å². The van der Waals surface area contributed by atoms with Crippen molar-refractivity contribution in [1.82, 2.24) is 20.3 Å². The molecule has 1 amide bonds. The summed E-state index contributed by atoms with van der Waals surface area (Å²) in [5, 5.41) is 6.14. The molecule has 156 valence electrons. The van der Waals surface area contributed by atoms with E-state index in [2.05, 4.69) is 57.6 Å². The fraction of sp³-hybridized carbons (Fsp3) is 0.273. The molecule has 0 aliphatic rings. The number of benzene rings is 2. The molecule has 0 bridgehead atoms. The number of carbonyl (C=O) groups excluding carboxylic acids is 1. The zero-order valence-electron chi connectivity index (χ0n) is 17.3. The number of aromatic nitrogens is 3. The largest absolute Gasteiger partial charge is 0.368 e. The molecule has 4 N–H and O–H groups in total. The van der Waals surface area contributed by atoms with Gasteiger partial charge in [-0.05, 0) is 49.6 Å². The maximum atomic E-state index is 12.3. The Morgan fingerprint density at radius 1 is 1.07 bits per heavy atom. The van der Waals surface area contributed by atoms with Crippen LogP contribution in [0.2, 0.25) is 0 Å². The van der Waals surface area contributed by atoms with Crippen LogP contribution < -0.4 is 16.4 Å². The van der Waals surface area contributed by atoms with E-state index >= 15 is 0 Å². The highest BCUT2D eigenvalue weighted by Gasteiger charge is 2.11. The van der Waals surface area contributed by atoms with Gasteiger partial charge >= 0.3 is 0 Å². The zero-order chi connectivity index (χ0) is 21.5. The summed E-state index contributed by atoms with van der Waals surface area (Å²) in [5.74, 6) is 1.80. The predicted octanol–water partition coefficient (Wildman–Crippen LogP) is 3.92. The van der Waals surface area contributed by atoms with Gasteiger partial charge in [-0.3, -0.25) is 4.79 Å². The van der Waals surface area contributed by atoms with Crippen LogP contribution in [0.4, 0.5) is 17.6 Å². The molecule has 0 unspecified atom stereocenters. The number of nitrogens with zero attached hydrogens (tertiary/aromatic N) is 3. The van der Waals surface area contributed by atoms with Gasteiger partial charge in [-0.15, -0.1) is 11.8 Å². The average molecular weight is 423 g/mol. The molecule has 7 nitrogen and oxygen atoms in total. The molecule has 8 heteroatoms. The van der Waals surface area contributed by atoms with Crippen molar-refractivity contribution in [2.24, 2.45) is 0 Å². The molecular weight excluding hydrogens is 396 g/mol. The van der Waals surface area contributed by atoms with Crippen LogP contribution in [0.5, 0.6) is 0 Å². The van der Waals surface area contributed by atoms with E-state index in [0.717, 1.165) is 11.3 Å². The van der Waals surface area contributed by atoms with Gasteiger partial charge in [0.1, 0.15) is 5.82 Å². The van der Waals surface area contributed by atoms with E-state index in [1.165, 1.54) is 22.9 Å². The van der Waals surface area contributed by atoms with Crippen LogP contribution in [0.3, 0.4) is 0 Å². The highest BCUT2D eigenvalue weighted by atomic mass is 32.2. The normalized spacial score (nSPS) is 11.7. The molecule has 0 aliphatic heterocycles. The average Bonchev–Trinajstić information content (AvgIpc) is 2.70. The Hall–Kier alpha value is -3.13. The number of thioether (sulfide) groups is 1. The first-order valence-corrected chi connectivity index (χ1v) is 10.8. The van der Waals surface area contributed by atoms with Crippen LogP contribution in [0.15, 0.2) is 48.5 Å². The summed E-state index contributed by atoms with van der Waals surface area (Å²) in [6.07, 6.45) is 0. The first-order valence-electron chi connectivity index (χ1n) is 9.67. The Morgan fingerprint density at radius 3 is 2.57 bits per heavy atom. The van der Waals surface area contributed by atoms with Crippen LogP contribution >= 0.6 is 11.8 Å². The van der Waals surface area contributed by atoms with Crippen LogP contribution in [0.25, 0.3) is 0 Å². The van der Waals surface area contributed by atoms with Gasteiger partial charge in [0.15, 0.2) is 0 Å². The second kappa shape index (κ2) is 10.1. The van der Waals surface area contributed by atoms with Crippen molar-refractivity contribution in [3.63, 3.8) is 0 Å². The number of nitrogen functional groups attached to an aromatic ring is 1. The molecule has 0 fully saturated rings. The van der Waals surface area contributed by atoms with Crippen LogP contribution in [-0.4, -0.2) is 26.6 Å². The summed E-state index contributed by atoms with van der Waals surface area (Å²) in [7, 11) is 0. The third-order valence-corrected chi connectivity index (χ3v) is 5.53. The van der Waals surface area contributed by atoms with Gasteiger partial charge in [-0.1, -0.05) is 36.4 Å². The molecule has 3 aromatic rings. The van der Waals surface area contributed by atoms with E-state index in [4.69, 9.17) is 5.73 Å². The van der Waals surface area contributed by atoms with Crippen LogP contribution in [-0.2, 0) is 10.5 Å². The molecule has 0 radical (unpaired) electrons. The lowest BCUT2D eigenvalue weighted by Crippen LogP contribution is -2.28. The minimum atomic E-state index is -0.0492. The third kappa shape index (κ3) is 6.18. The highest BCUT2D eigenvalue weighted by molar-refractivity contribution is 7.99. The number of hydrogen-bond donors (Lipinski definition) is 3. The van der Waals surface area contributed by atoms with Crippen LogP contribution in [0, 0.1) is 13.8 Å². The quantitative estimate of drug-likeness (QED) is 0.505. The van der Waals surface area contributed by atoms with E-state index in [1.54, 1.807) is 0 Å². The zero-order valence-corrected chi connectivity index (χ0v) is 18.2. The number of nitrogens with two attached hydrogens (primary N) is 1. The van der Waals surface area contributed by atoms with Crippen molar-refractivity contribution in [3.8, 4) is 0 Å². The molecule has 2 aromatic carbocycles. The summed E-state index contributed by atoms with van der Waals surface area (Å²) in [5.41, 5.74) is 10.2. The minimum Gasteiger partial charge on any atom is -0.368 e. The van der Waals surface area contributed by atoms with E-state index in [1.807, 2.05) is 37.3 Å². The van der Waals surface area contributed by atoms with Gasteiger partial charge < -0.3 is 16.4 Å². The summed E-state index contributed by atoms with van der Waals surface area (Å²) in [4.78, 5) is 25.0. The molecule has 0 spiro atoms. The number of nitrogens with one attached hydrogen (secondary N) is 2. The molecule has 1 atom stereocenters. The van der Waals surface area contributed by atoms with Crippen molar-refractivity contribution in [3.05, 3.63) is 71.0 Å². The molecule has 0 saturated carbocycles. The Bertz CT molecular complexity index is 1010. The summed E-state index contributed by atoms with van der Waals surface area (Å²) >= 11 is 1.43. The summed E-state index contributed by atoms with van der Waals surface area (Å²) in [6.45, 7) is 6.14. The lowest BCUT2D eigenvalue weighted by Gasteiger charge is -2.15. The number of carbonyl (C=O) groups is 1. The fourth-order valence-electron chi connectivity index (χ4n) is 2.84. The second-order valence-electron chi connectivity index (χ2n) is 7.05. The van der Waals surface area contributed by atoms with E-state index in [0.29, 0.717) is 23.3 Å². The number of aryl methyl sites for hydroxylation is 2. The molecule has 1 aromatic heterocycles. The van der Waals surface area contributed by atoms with Gasteiger partial charge in [-0.25, -0.2) is 0 Å². The Morgan fingerprint density at radius 2 is 1.83 bits per heavy atom. The maximum absolute atomic E-state index is 12.3. The molecule has 3 rings (SSSR count). The molecule has 30 heavy (non-hydrogen) atoms. The smallest absolute Gasteiger partial charge is 0.232 e. The first kappa shape index (κ1) is 21.6. The van der Waals surface area contributed by atoms with Crippen molar-refractivity contribution in [1.29, 1.82) is 0 Å². The molecular formula is C22H26N6OS. The number of hydrogen-bond acceptors (Lipinski definition) is 7. The van der Waals surface area contributed by atoms with Gasteiger partial charge in [-0.2, -0.15) is 15.0 Å². The predicted molar refractivity (Wildman–Crippen MR) is 123 cm³/mol. The van der Waals surface area contributed by atoms with E-state index in [9.17, 15) is 4.79 Å². The van der Waals surface area contributed by atoms with Crippen molar-refractivity contribution < 1.29 is 4.79 Å². The van der Waals surface area contributed by atoms with E-state index < -0.39 is 0 Å². The Kier molecular flexibility index (Phi) is 7.24. The first-order chi connectivity index (χ1) is 14.4. The molecule has 1 heterocycles. The van der Waals surface area contributed by atoms with Gasteiger partial charge in [0.05, 0.1) is 17.5 Å². The summed E-state index contributed by atoms with van der Waals surface area (Å²) in [6, 6.07) is 15.8. The number of rotatable bonds is 8. The number of para-hydroxylation sites is 1. The Labute approximate surface area is 180 Å². The summed E-state index contributed by atoms with van der Waals surface area (Å²) < 4.78 is 0. The number of anilines is 3. The SMILES string of the molecule is Cc1ccc([C@@H](C)NC(=O)CSCc2nc(N)nc(Nc3ccccc3)n2)cc1C. The minimum absolute atomic E-state index is 0.0320. The second-order valence-corrected chi connectivity index (χ2v) is 8.04. The van der Waals surface area contributed by atoms with Gasteiger partial charge in [0, 0.05) is 5.69 Å². The van der Waals surface area contributed by atoms with Crippen LogP contribution in [0.1, 0.15) is 35.5 Å². The fourth-order valence-corrected chi connectivity index (χ4v) is 3.53. The lowest BCUT2D eigenvalue weighted by molar-refractivity contribution is -0.119. The van der Waals surface area contributed by atoms with Gasteiger partial charge in [0.25, 0.3) is 0 Å². The number of amides is 1. The maximum Gasteiger partial charge on any atom is 0.232 e. The molecule has 0 aliphatic carbocycles.